The molecule has 11 heavy (non-hydrogen) atoms. The summed E-state index contributed by atoms with van der Waals surface area (Å²) in [6.07, 6.45) is 2.43. The number of pyridine rings is 1. The van der Waals surface area contributed by atoms with Gasteiger partial charge in [-0.15, -0.1) is 0 Å². The summed E-state index contributed by atoms with van der Waals surface area (Å²) in [5, 5.41) is 0.485. The van der Waals surface area contributed by atoms with Crippen LogP contribution in [0.1, 0.15) is 9.80 Å². The second-order valence-corrected chi connectivity index (χ2v) is 3.01. The molecule has 0 radical (unpaired) electrons. The molecule has 0 saturated carbocycles. The number of carbonyl (C=O) groups excluding carboxylic acids is 1. The molecule has 2 heterocycles. The molecule has 4 heteroatoms. The molecular weight excluding hydrogens is 160 g/mol. The molecule has 0 spiro atoms. The Morgan fingerprint density at radius 3 is 3.18 bits per heavy atom. The first-order chi connectivity index (χ1) is 5.40. The molecule has 0 N–H and O–H groups in total. The molecule has 0 amide bonds. The van der Waals surface area contributed by atoms with Gasteiger partial charge in [-0.25, -0.2) is 9.97 Å². The molecule has 0 unspecified atom stereocenters. The third kappa shape index (κ3) is 1.01. The van der Waals surface area contributed by atoms with Crippen molar-refractivity contribution < 1.29 is 4.79 Å². The van der Waals surface area contributed by atoms with Crippen LogP contribution in [0.25, 0.3) is 10.3 Å². The molecule has 2 rings (SSSR count). The SMILES string of the molecule is O=Cc1nc2cccnc2s1. The van der Waals surface area contributed by atoms with Crippen LogP contribution in [0, 0.1) is 0 Å². The van der Waals surface area contributed by atoms with Crippen LogP contribution >= 0.6 is 11.3 Å². The van der Waals surface area contributed by atoms with E-state index in [0.717, 1.165) is 16.6 Å². The van der Waals surface area contributed by atoms with E-state index in [0.29, 0.717) is 5.01 Å². The Hall–Kier alpha value is -1.29. The van der Waals surface area contributed by atoms with Gasteiger partial charge in [0.05, 0.1) is 0 Å². The zero-order valence-electron chi connectivity index (χ0n) is 5.52. The number of fused-ring (bicyclic) bond motifs is 1. The number of nitrogens with zero attached hydrogens (tertiary/aromatic N) is 2. The molecule has 2 aromatic heterocycles. The summed E-state index contributed by atoms with van der Waals surface area (Å²) in [5.74, 6) is 0. The smallest absolute Gasteiger partial charge is 0.178 e. The number of hydrogen-bond donors (Lipinski definition) is 0. The monoisotopic (exact) mass is 164 g/mol. The van der Waals surface area contributed by atoms with Crippen molar-refractivity contribution in [3.05, 3.63) is 23.3 Å². The standard InChI is InChI=1S/C7H4N2OS/c10-4-6-9-5-2-1-3-8-7(5)11-6/h1-4H. The molecule has 0 aliphatic carbocycles. The Kier molecular flexibility index (Phi) is 1.40. The lowest BCUT2D eigenvalue weighted by Crippen LogP contribution is -1.73. The third-order valence-electron chi connectivity index (χ3n) is 1.28. The average molecular weight is 164 g/mol. The fraction of sp³-hybridized carbons (Fsp3) is 0. The molecule has 0 atom stereocenters. The van der Waals surface area contributed by atoms with E-state index in [1.807, 2.05) is 6.07 Å². The number of aromatic nitrogens is 2. The van der Waals surface area contributed by atoms with Gasteiger partial charge >= 0.3 is 0 Å². The summed E-state index contributed by atoms with van der Waals surface area (Å²) < 4.78 is 0. The Bertz CT molecular complexity index is 363. The van der Waals surface area contributed by atoms with Crippen LogP contribution in [0.15, 0.2) is 18.3 Å². The topological polar surface area (TPSA) is 42.9 Å². The van der Waals surface area contributed by atoms with Gasteiger partial charge < -0.3 is 0 Å². The highest BCUT2D eigenvalue weighted by Gasteiger charge is 2.00. The van der Waals surface area contributed by atoms with Gasteiger partial charge in [-0.2, -0.15) is 0 Å². The van der Waals surface area contributed by atoms with E-state index >= 15 is 0 Å². The molecule has 0 aliphatic heterocycles. The highest BCUT2D eigenvalue weighted by atomic mass is 32.1. The Balaban J connectivity index is 2.78. The maximum absolute atomic E-state index is 10.3. The van der Waals surface area contributed by atoms with Gasteiger partial charge in [0.1, 0.15) is 10.3 Å². The average Bonchev–Trinajstić information content (AvgIpc) is 2.46. The molecule has 2 aromatic rings. The number of thiazole rings is 1. The Labute approximate surface area is 66.7 Å². The molecule has 0 fully saturated rings. The first-order valence-electron chi connectivity index (χ1n) is 3.07. The molecule has 3 nitrogen and oxygen atoms in total. The van der Waals surface area contributed by atoms with Crippen LogP contribution in [-0.4, -0.2) is 16.3 Å². The predicted octanol–water partition coefficient (Wildman–Crippen LogP) is 1.50. The lowest BCUT2D eigenvalue weighted by molar-refractivity contribution is 0.112. The molecular formula is C7H4N2OS. The molecule has 0 saturated heterocycles. The summed E-state index contributed by atoms with van der Waals surface area (Å²) in [6.45, 7) is 0. The van der Waals surface area contributed by atoms with Crippen molar-refractivity contribution in [2.75, 3.05) is 0 Å². The van der Waals surface area contributed by atoms with Crippen LogP contribution in [-0.2, 0) is 0 Å². The minimum atomic E-state index is 0.485. The summed E-state index contributed by atoms with van der Waals surface area (Å²) in [4.78, 5) is 19.2. The van der Waals surface area contributed by atoms with Crippen molar-refractivity contribution in [1.82, 2.24) is 9.97 Å². The molecule has 0 aromatic carbocycles. The lowest BCUT2D eigenvalue weighted by Gasteiger charge is -1.79. The first-order valence-corrected chi connectivity index (χ1v) is 3.88. The lowest BCUT2D eigenvalue weighted by atomic mass is 10.5. The van der Waals surface area contributed by atoms with E-state index in [1.54, 1.807) is 12.3 Å². The maximum Gasteiger partial charge on any atom is 0.178 e. The van der Waals surface area contributed by atoms with Gasteiger partial charge in [-0.3, -0.25) is 4.79 Å². The summed E-state index contributed by atoms with van der Waals surface area (Å²) in [6, 6.07) is 3.64. The molecule has 0 bridgehead atoms. The van der Waals surface area contributed by atoms with Gasteiger partial charge in [0, 0.05) is 6.20 Å². The van der Waals surface area contributed by atoms with Crippen LogP contribution in [0.5, 0.6) is 0 Å². The summed E-state index contributed by atoms with van der Waals surface area (Å²) in [5.41, 5.74) is 0.791. The summed E-state index contributed by atoms with van der Waals surface area (Å²) in [7, 11) is 0. The van der Waals surface area contributed by atoms with E-state index in [9.17, 15) is 4.79 Å². The van der Waals surface area contributed by atoms with E-state index in [2.05, 4.69) is 9.97 Å². The minimum absolute atomic E-state index is 0.485. The van der Waals surface area contributed by atoms with E-state index < -0.39 is 0 Å². The minimum Gasteiger partial charge on any atom is -0.295 e. The van der Waals surface area contributed by atoms with Crippen molar-refractivity contribution in [1.29, 1.82) is 0 Å². The zero-order valence-corrected chi connectivity index (χ0v) is 6.34. The summed E-state index contributed by atoms with van der Waals surface area (Å²) >= 11 is 1.31. The largest absolute Gasteiger partial charge is 0.295 e. The first kappa shape index (κ1) is 6.42. The van der Waals surface area contributed by atoms with Crippen LogP contribution in [0.4, 0.5) is 0 Å². The van der Waals surface area contributed by atoms with Gasteiger partial charge in [0.25, 0.3) is 0 Å². The van der Waals surface area contributed by atoms with Crippen molar-refractivity contribution >= 4 is 28.0 Å². The third-order valence-corrected chi connectivity index (χ3v) is 2.19. The second kappa shape index (κ2) is 2.39. The zero-order chi connectivity index (χ0) is 7.68. The van der Waals surface area contributed by atoms with E-state index in [4.69, 9.17) is 0 Å². The van der Waals surface area contributed by atoms with Crippen LogP contribution in [0.3, 0.4) is 0 Å². The molecule has 54 valence electrons. The highest BCUT2D eigenvalue weighted by molar-refractivity contribution is 7.19. The number of carbonyl (C=O) groups is 1. The highest BCUT2D eigenvalue weighted by Crippen LogP contribution is 2.16. The van der Waals surface area contributed by atoms with Gasteiger partial charge in [-0.1, -0.05) is 11.3 Å². The maximum atomic E-state index is 10.3. The van der Waals surface area contributed by atoms with Crippen LogP contribution < -0.4 is 0 Å². The normalized spacial score (nSPS) is 10.2. The second-order valence-electron chi connectivity index (χ2n) is 2.00. The van der Waals surface area contributed by atoms with E-state index in [-0.39, 0.29) is 0 Å². The fourth-order valence-corrected chi connectivity index (χ4v) is 1.56. The fourth-order valence-electron chi connectivity index (χ4n) is 0.837. The van der Waals surface area contributed by atoms with Crippen molar-refractivity contribution in [3.8, 4) is 0 Å². The van der Waals surface area contributed by atoms with Crippen molar-refractivity contribution in [3.63, 3.8) is 0 Å². The quantitative estimate of drug-likeness (QED) is 0.600. The predicted molar refractivity (Wildman–Crippen MR) is 42.8 cm³/mol. The van der Waals surface area contributed by atoms with Gasteiger partial charge in [-0.05, 0) is 12.1 Å². The van der Waals surface area contributed by atoms with Gasteiger partial charge in [0.2, 0.25) is 0 Å². The van der Waals surface area contributed by atoms with Crippen molar-refractivity contribution in [2.24, 2.45) is 0 Å². The van der Waals surface area contributed by atoms with E-state index in [1.165, 1.54) is 11.3 Å². The molecule has 0 aliphatic rings. The Morgan fingerprint density at radius 1 is 1.55 bits per heavy atom. The number of hydrogen-bond acceptors (Lipinski definition) is 4. The number of rotatable bonds is 1. The Morgan fingerprint density at radius 2 is 2.45 bits per heavy atom. The van der Waals surface area contributed by atoms with Crippen molar-refractivity contribution in [2.45, 2.75) is 0 Å². The van der Waals surface area contributed by atoms with Crippen LogP contribution in [0.2, 0.25) is 0 Å². The van der Waals surface area contributed by atoms with Gasteiger partial charge in [0.15, 0.2) is 11.3 Å². The number of aldehydes is 1.